The largest absolute Gasteiger partial charge is 0.489 e. The highest BCUT2D eigenvalue weighted by molar-refractivity contribution is 5.50. The summed E-state index contributed by atoms with van der Waals surface area (Å²) in [7, 11) is 0. The Balaban J connectivity index is 1.65. The molecule has 2 heteroatoms. The van der Waals surface area contributed by atoms with E-state index in [1.54, 1.807) is 0 Å². The van der Waals surface area contributed by atoms with Crippen LogP contribution in [0, 0.1) is 0 Å². The van der Waals surface area contributed by atoms with E-state index in [0.29, 0.717) is 13.2 Å². The Morgan fingerprint density at radius 2 is 0.806 bits per heavy atom. The molecule has 8 bridgehead atoms. The van der Waals surface area contributed by atoms with Gasteiger partial charge in [0.05, 0.1) is 0 Å². The third-order valence-electron chi connectivity index (χ3n) is 6.61. The minimum absolute atomic E-state index is 0.492. The maximum absolute atomic E-state index is 6.25. The maximum Gasteiger partial charge on any atom is 0.126 e. The van der Waals surface area contributed by atoms with Crippen LogP contribution in [0.2, 0.25) is 0 Å². The minimum atomic E-state index is 0.492. The third kappa shape index (κ3) is 5.44. The van der Waals surface area contributed by atoms with Gasteiger partial charge in [-0.3, -0.25) is 0 Å². The predicted molar refractivity (Wildman–Crippen MR) is 148 cm³/mol. The molecule has 4 aromatic rings. The van der Waals surface area contributed by atoms with E-state index in [4.69, 9.17) is 9.47 Å². The fourth-order valence-corrected chi connectivity index (χ4v) is 5.07. The molecule has 0 unspecified atom stereocenters. The fraction of sp³-hybridized carbons (Fsp3) is 0.176. The van der Waals surface area contributed by atoms with E-state index in [1.807, 2.05) is 12.2 Å². The summed E-state index contributed by atoms with van der Waals surface area (Å²) in [6.07, 6.45) is 6.88. The van der Waals surface area contributed by atoms with Gasteiger partial charge in [-0.25, -0.2) is 0 Å². The summed E-state index contributed by atoms with van der Waals surface area (Å²) in [6, 6.07) is 30.7. The van der Waals surface area contributed by atoms with Gasteiger partial charge in [-0.05, 0) is 44.5 Å². The monoisotopic (exact) mass is 472 g/mol. The van der Waals surface area contributed by atoms with Crippen molar-refractivity contribution in [2.45, 2.75) is 25.7 Å². The van der Waals surface area contributed by atoms with Crippen LogP contribution in [0.3, 0.4) is 0 Å². The van der Waals surface area contributed by atoms with E-state index in [0.717, 1.165) is 37.2 Å². The summed E-state index contributed by atoms with van der Waals surface area (Å²) in [5.41, 5.74) is 9.88. The van der Waals surface area contributed by atoms with Gasteiger partial charge < -0.3 is 9.47 Å². The molecule has 5 rings (SSSR count). The van der Waals surface area contributed by atoms with Crippen molar-refractivity contribution >= 4 is 0 Å². The molecule has 180 valence electrons. The molecule has 0 saturated heterocycles. The number of fused-ring (bicyclic) bond motifs is 8. The van der Waals surface area contributed by atoms with Gasteiger partial charge in [0.25, 0.3) is 0 Å². The van der Waals surface area contributed by atoms with Crippen LogP contribution in [0.5, 0.6) is 11.5 Å². The molecule has 0 amide bonds. The molecular formula is C34H32O2. The fourth-order valence-electron chi connectivity index (χ4n) is 5.07. The summed E-state index contributed by atoms with van der Waals surface area (Å²) < 4.78 is 12.5. The zero-order valence-electron chi connectivity index (χ0n) is 20.7. The predicted octanol–water partition coefficient (Wildman–Crippen LogP) is 7.49. The Morgan fingerprint density at radius 1 is 0.500 bits per heavy atom. The zero-order valence-corrected chi connectivity index (χ0v) is 20.7. The Kier molecular flexibility index (Phi) is 7.33. The van der Waals surface area contributed by atoms with Crippen molar-refractivity contribution in [2.75, 3.05) is 13.2 Å². The average molecular weight is 473 g/mol. The highest BCUT2D eigenvalue weighted by atomic mass is 16.5. The summed E-state index contributed by atoms with van der Waals surface area (Å²) in [6.45, 7) is 8.71. The second-order valence-corrected chi connectivity index (χ2v) is 9.36. The molecule has 0 fully saturated rings. The van der Waals surface area contributed by atoms with E-state index in [2.05, 4.69) is 98.1 Å². The molecule has 0 heterocycles. The van der Waals surface area contributed by atoms with Crippen LogP contribution in [0.4, 0.5) is 0 Å². The quantitative estimate of drug-likeness (QED) is 0.238. The number of rotatable bonds is 6. The van der Waals surface area contributed by atoms with Crippen molar-refractivity contribution in [1.82, 2.24) is 0 Å². The second kappa shape index (κ2) is 11.1. The Morgan fingerprint density at radius 3 is 1.11 bits per heavy atom. The first-order chi connectivity index (χ1) is 17.7. The van der Waals surface area contributed by atoms with E-state index in [9.17, 15) is 0 Å². The first-order valence-corrected chi connectivity index (χ1v) is 12.6. The number of hydrogen-bond donors (Lipinski definition) is 0. The highest BCUT2D eigenvalue weighted by Crippen LogP contribution is 2.32. The molecule has 1 aliphatic rings. The molecule has 0 atom stereocenters. The first kappa shape index (κ1) is 23.7. The standard InChI is InChI=1S/C34H32O2/c1-3-17-35-33-29-13-7-14-30(33)22-26-10-6-12-28(20-26)24-32-16-8-15-31(34(32)36-18-4-2)23-27-11-5-9-25(19-27)21-29/h3-16,19-20H,1-2,17-18,21-24H2. The number of para-hydroxylation sites is 2. The van der Waals surface area contributed by atoms with Crippen LogP contribution in [0.1, 0.15) is 44.5 Å². The Hall–Kier alpha value is -4.04. The van der Waals surface area contributed by atoms with Crippen LogP contribution in [-0.4, -0.2) is 13.2 Å². The van der Waals surface area contributed by atoms with Crippen LogP contribution in [0.25, 0.3) is 0 Å². The second-order valence-electron chi connectivity index (χ2n) is 9.36. The lowest BCUT2D eigenvalue weighted by molar-refractivity contribution is 0.356. The average Bonchev–Trinajstić information content (AvgIpc) is 2.88. The van der Waals surface area contributed by atoms with Crippen molar-refractivity contribution in [3.8, 4) is 11.5 Å². The van der Waals surface area contributed by atoms with Crippen molar-refractivity contribution in [1.29, 1.82) is 0 Å². The minimum Gasteiger partial charge on any atom is -0.489 e. The van der Waals surface area contributed by atoms with Crippen LogP contribution in [0.15, 0.2) is 110 Å². The smallest absolute Gasteiger partial charge is 0.126 e. The molecule has 1 aliphatic carbocycles. The molecule has 0 aromatic heterocycles. The molecule has 0 N–H and O–H groups in total. The normalized spacial score (nSPS) is 12.4. The van der Waals surface area contributed by atoms with E-state index in [-0.39, 0.29) is 0 Å². The Labute approximate surface area is 214 Å². The summed E-state index contributed by atoms with van der Waals surface area (Å²) in [5, 5.41) is 0. The van der Waals surface area contributed by atoms with Crippen LogP contribution >= 0.6 is 0 Å². The lowest BCUT2D eigenvalue weighted by Gasteiger charge is -2.18. The molecule has 0 radical (unpaired) electrons. The molecule has 36 heavy (non-hydrogen) atoms. The number of hydrogen-bond acceptors (Lipinski definition) is 2. The lowest BCUT2D eigenvalue weighted by atomic mass is 9.92. The SMILES string of the molecule is C=CCOc1c2cccc1Cc1cccc(c1)Cc1cccc(c1OCC=C)Cc1cccc(c1)C2. The third-order valence-corrected chi connectivity index (χ3v) is 6.61. The Bertz CT molecular complexity index is 1200. The van der Waals surface area contributed by atoms with Crippen LogP contribution in [-0.2, 0) is 25.7 Å². The highest BCUT2D eigenvalue weighted by Gasteiger charge is 2.15. The summed E-state index contributed by atoms with van der Waals surface area (Å²) >= 11 is 0. The van der Waals surface area contributed by atoms with Crippen molar-refractivity contribution in [3.63, 3.8) is 0 Å². The molecule has 0 saturated carbocycles. The van der Waals surface area contributed by atoms with Gasteiger partial charge in [-0.1, -0.05) is 110 Å². The molecule has 4 aromatic carbocycles. The molecule has 0 spiro atoms. The van der Waals surface area contributed by atoms with Gasteiger partial charge in [0.1, 0.15) is 24.7 Å². The summed E-state index contributed by atoms with van der Waals surface area (Å²) in [5.74, 6) is 1.95. The molecular weight excluding hydrogens is 440 g/mol. The van der Waals surface area contributed by atoms with E-state index in [1.165, 1.54) is 44.5 Å². The van der Waals surface area contributed by atoms with Gasteiger partial charge in [-0.2, -0.15) is 0 Å². The van der Waals surface area contributed by atoms with Crippen molar-refractivity contribution in [2.24, 2.45) is 0 Å². The zero-order chi connectivity index (χ0) is 24.7. The summed E-state index contributed by atoms with van der Waals surface area (Å²) in [4.78, 5) is 0. The van der Waals surface area contributed by atoms with E-state index < -0.39 is 0 Å². The first-order valence-electron chi connectivity index (χ1n) is 12.6. The van der Waals surface area contributed by atoms with Gasteiger partial charge in [0.2, 0.25) is 0 Å². The number of benzene rings is 4. The van der Waals surface area contributed by atoms with Crippen LogP contribution < -0.4 is 9.47 Å². The topological polar surface area (TPSA) is 18.5 Å². The van der Waals surface area contributed by atoms with Crippen molar-refractivity contribution in [3.05, 3.63) is 155 Å². The van der Waals surface area contributed by atoms with Gasteiger partial charge >= 0.3 is 0 Å². The number of ether oxygens (including phenoxy) is 2. The van der Waals surface area contributed by atoms with Gasteiger partial charge in [0.15, 0.2) is 0 Å². The molecule has 2 nitrogen and oxygen atoms in total. The maximum atomic E-state index is 6.25. The van der Waals surface area contributed by atoms with Gasteiger partial charge in [-0.15, -0.1) is 0 Å². The van der Waals surface area contributed by atoms with Gasteiger partial charge in [0, 0.05) is 25.7 Å². The van der Waals surface area contributed by atoms with Crippen molar-refractivity contribution < 1.29 is 9.47 Å². The molecule has 0 aliphatic heterocycles. The lowest BCUT2D eigenvalue weighted by Crippen LogP contribution is -2.05. The van der Waals surface area contributed by atoms with E-state index >= 15 is 0 Å².